The van der Waals surface area contributed by atoms with E-state index in [1.165, 1.54) is 7.05 Å². The minimum Gasteiger partial charge on any atom is -0.461 e. The van der Waals surface area contributed by atoms with Crippen LogP contribution in [0, 0.1) is 0 Å². The van der Waals surface area contributed by atoms with E-state index < -0.39 is 35.8 Å². The lowest BCUT2D eigenvalue weighted by Gasteiger charge is -2.33. The molecule has 7 nitrogen and oxygen atoms in total. The first-order valence-corrected chi connectivity index (χ1v) is 7.55. The lowest BCUT2D eigenvalue weighted by Crippen LogP contribution is -2.46. The molecule has 0 unspecified atom stereocenters. The van der Waals surface area contributed by atoms with Crippen molar-refractivity contribution in [3.63, 3.8) is 0 Å². The molecule has 0 N–H and O–H groups in total. The fourth-order valence-corrected chi connectivity index (χ4v) is 2.48. The van der Waals surface area contributed by atoms with Crippen LogP contribution in [0.2, 0.25) is 0 Å². The van der Waals surface area contributed by atoms with E-state index in [9.17, 15) is 18.4 Å². The fraction of sp³-hybridized carbons (Fsp3) is 0.667. The second kappa shape index (κ2) is 6.03. The Balaban J connectivity index is 2.40. The zero-order valence-corrected chi connectivity index (χ0v) is 14.4. The topological polar surface area (TPSA) is 73.7 Å². The quantitative estimate of drug-likeness (QED) is 0.770. The van der Waals surface area contributed by atoms with Crippen molar-refractivity contribution < 1.29 is 27.8 Å². The van der Waals surface area contributed by atoms with Gasteiger partial charge < -0.3 is 9.47 Å². The first-order chi connectivity index (χ1) is 11.0. The van der Waals surface area contributed by atoms with Crippen LogP contribution in [0.5, 0.6) is 0 Å². The van der Waals surface area contributed by atoms with Crippen LogP contribution in [0.3, 0.4) is 0 Å². The molecule has 0 bridgehead atoms. The molecule has 0 fully saturated rings. The van der Waals surface area contributed by atoms with Gasteiger partial charge in [-0.25, -0.2) is 9.59 Å². The lowest BCUT2D eigenvalue weighted by molar-refractivity contribution is -0.0622. The van der Waals surface area contributed by atoms with Crippen molar-refractivity contribution in [2.24, 2.45) is 7.05 Å². The monoisotopic (exact) mass is 345 g/mol. The Morgan fingerprint density at radius 2 is 1.96 bits per heavy atom. The van der Waals surface area contributed by atoms with E-state index in [2.05, 4.69) is 5.10 Å². The standard InChI is InChI=1S/C15H21F2N3O4/c1-6-23-12(21)10-9-7-20(13(22)24-14(2,3)4)8-15(16,17)11(9)18-19(10)5/h6-8H2,1-5H3. The maximum atomic E-state index is 14.4. The third kappa shape index (κ3) is 3.49. The number of amides is 1. The molecule has 0 aromatic carbocycles. The number of nitrogens with zero attached hydrogens (tertiary/aromatic N) is 3. The number of fused-ring (bicyclic) bond motifs is 1. The molecule has 0 aliphatic carbocycles. The van der Waals surface area contributed by atoms with Crippen LogP contribution in [0.25, 0.3) is 0 Å². The Morgan fingerprint density at radius 3 is 2.50 bits per heavy atom. The zero-order chi connectivity index (χ0) is 18.3. The third-order valence-electron chi connectivity index (χ3n) is 3.35. The van der Waals surface area contributed by atoms with Crippen molar-refractivity contribution in [1.29, 1.82) is 0 Å². The van der Waals surface area contributed by atoms with Gasteiger partial charge in [-0.2, -0.15) is 13.9 Å². The first-order valence-electron chi connectivity index (χ1n) is 7.55. The number of esters is 1. The number of aromatic nitrogens is 2. The molecule has 134 valence electrons. The number of halogens is 2. The second-order valence-corrected chi connectivity index (χ2v) is 6.56. The van der Waals surface area contributed by atoms with Gasteiger partial charge in [0.05, 0.1) is 19.7 Å². The summed E-state index contributed by atoms with van der Waals surface area (Å²) in [6.45, 7) is 5.61. The van der Waals surface area contributed by atoms with E-state index in [0.717, 1.165) is 9.58 Å². The Morgan fingerprint density at radius 1 is 1.33 bits per heavy atom. The van der Waals surface area contributed by atoms with Crippen molar-refractivity contribution in [3.05, 3.63) is 17.0 Å². The van der Waals surface area contributed by atoms with E-state index in [1.807, 2.05) is 0 Å². The number of hydrogen-bond donors (Lipinski definition) is 0. The van der Waals surface area contributed by atoms with Crippen LogP contribution in [0.1, 0.15) is 49.4 Å². The van der Waals surface area contributed by atoms with Gasteiger partial charge in [0.2, 0.25) is 0 Å². The Hall–Kier alpha value is -2.19. The van der Waals surface area contributed by atoms with E-state index in [1.54, 1.807) is 27.7 Å². The number of alkyl halides is 2. The molecule has 9 heteroatoms. The number of ether oxygens (including phenoxy) is 2. The maximum absolute atomic E-state index is 14.4. The number of carbonyl (C=O) groups excluding carboxylic acids is 2. The number of aryl methyl sites for hydroxylation is 1. The Labute approximate surface area is 138 Å². The summed E-state index contributed by atoms with van der Waals surface area (Å²) in [5, 5.41) is 3.76. The summed E-state index contributed by atoms with van der Waals surface area (Å²) in [5.41, 5.74) is -1.42. The largest absolute Gasteiger partial charge is 0.461 e. The number of carbonyl (C=O) groups is 2. The number of hydrogen-bond acceptors (Lipinski definition) is 5. The van der Waals surface area contributed by atoms with Crippen LogP contribution in [-0.4, -0.2) is 45.5 Å². The molecule has 0 spiro atoms. The molecule has 2 rings (SSSR count). The highest BCUT2D eigenvalue weighted by Crippen LogP contribution is 2.37. The molecule has 1 amide bonds. The van der Waals surface area contributed by atoms with Crippen LogP contribution in [-0.2, 0) is 29.0 Å². The van der Waals surface area contributed by atoms with Gasteiger partial charge in [-0.3, -0.25) is 9.58 Å². The third-order valence-corrected chi connectivity index (χ3v) is 3.35. The van der Waals surface area contributed by atoms with Gasteiger partial charge in [-0.15, -0.1) is 0 Å². The van der Waals surface area contributed by atoms with Crippen molar-refractivity contribution in [2.75, 3.05) is 13.2 Å². The van der Waals surface area contributed by atoms with Crippen molar-refractivity contribution in [3.8, 4) is 0 Å². The molecule has 1 aromatic rings. The predicted octanol–water partition coefficient (Wildman–Crippen LogP) is 2.44. The summed E-state index contributed by atoms with van der Waals surface area (Å²) in [5.74, 6) is -4.14. The van der Waals surface area contributed by atoms with Gasteiger partial charge in [0.25, 0.3) is 0 Å². The van der Waals surface area contributed by atoms with Crippen molar-refractivity contribution in [2.45, 2.75) is 45.8 Å². The highest BCUT2D eigenvalue weighted by molar-refractivity contribution is 5.90. The second-order valence-electron chi connectivity index (χ2n) is 6.56. The normalized spacial score (nSPS) is 16.5. The van der Waals surface area contributed by atoms with Gasteiger partial charge in [-0.05, 0) is 27.7 Å². The summed E-state index contributed by atoms with van der Waals surface area (Å²) < 4.78 is 39.9. The number of rotatable bonds is 2. The summed E-state index contributed by atoms with van der Waals surface area (Å²) in [6, 6.07) is 0. The maximum Gasteiger partial charge on any atom is 0.410 e. The van der Waals surface area contributed by atoms with Gasteiger partial charge in [0.1, 0.15) is 11.3 Å². The molecule has 0 radical (unpaired) electrons. The fourth-order valence-electron chi connectivity index (χ4n) is 2.48. The Kier molecular flexibility index (Phi) is 4.56. The molecule has 1 aliphatic rings. The molecule has 24 heavy (non-hydrogen) atoms. The lowest BCUT2D eigenvalue weighted by atomic mass is 10.0. The minimum atomic E-state index is -3.38. The van der Waals surface area contributed by atoms with Crippen molar-refractivity contribution >= 4 is 12.1 Å². The van der Waals surface area contributed by atoms with E-state index >= 15 is 0 Å². The molecular formula is C15H21F2N3O4. The highest BCUT2D eigenvalue weighted by atomic mass is 19.3. The zero-order valence-electron chi connectivity index (χ0n) is 14.4. The summed E-state index contributed by atoms with van der Waals surface area (Å²) >= 11 is 0. The molecule has 2 heterocycles. The summed E-state index contributed by atoms with van der Waals surface area (Å²) in [4.78, 5) is 25.1. The van der Waals surface area contributed by atoms with Crippen LogP contribution >= 0.6 is 0 Å². The van der Waals surface area contributed by atoms with E-state index in [4.69, 9.17) is 9.47 Å². The van der Waals surface area contributed by atoms with Gasteiger partial charge in [0, 0.05) is 12.6 Å². The Bertz CT molecular complexity index is 664. The summed E-state index contributed by atoms with van der Waals surface area (Å²) in [7, 11) is 1.39. The van der Waals surface area contributed by atoms with Gasteiger partial charge >= 0.3 is 18.0 Å². The van der Waals surface area contributed by atoms with Gasteiger partial charge in [0.15, 0.2) is 5.69 Å². The molecular weight excluding hydrogens is 324 g/mol. The van der Waals surface area contributed by atoms with Gasteiger partial charge in [-0.1, -0.05) is 0 Å². The first kappa shape index (κ1) is 18.2. The minimum absolute atomic E-state index is 0.0157. The molecule has 1 aromatic heterocycles. The highest BCUT2D eigenvalue weighted by Gasteiger charge is 2.47. The average Bonchev–Trinajstić information content (AvgIpc) is 2.74. The SMILES string of the molecule is CCOC(=O)c1c2c(nn1C)C(F)(F)CN(C(=O)OC(C)(C)C)C2. The van der Waals surface area contributed by atoms with Crippen LogP contribution in [0.4, 0.5) is 13.6 Å². The molecule has 0 atom stereocenters. The molecule has 1 aliphatic heterocycles. The molecule has 0 saturated carbocycles. The molecule has 0 saturated heterocycles. The average molecular weight is 345 g/mol. The van der Waals surface area contributed by atoms with E-state index in [-0.39, 0.29) is 24.4 Å². The van der Waals surface area contributed by atoms with Crippen LogP contribution in [0.15, 0.2) is 0 Å². The summed E-state index contributed by atoms with van der Waals surface area (Å²) in [6.07, 6.45) is -0.869. The van der Waals surface area contributed by atoms with Crippen LogP contribution < -0.4 is 0 Å². The van der Waals surface area contributed by atoms with Crippen molar-refractivity contribution in [1.82, 2.24) is 14.7 Å². The van der Waals surface area contributed by atoms with E-state index in [0.29, 0.717) is 0 Å². The smallest absolute Gasteiger partial charge is 0.410 e. The predicted molar refractivity (Wildman–Crippen MR) is 79.7 cm³/mol.